The van der Waals surface area contributed by atoms with E-state index in [1.54, 1.807) is 36.4 Å². The van der Waals surface area contributed by atoms with Gasteiger partial charge >= 0.3 is 5.97 Å². The maximum Gasteiger partial charge on any atom is 0.317 e. The lowest BCUT2D eigenvalue weighted by molar-refractivity contribution is -0.384. The van der Waals surface area contributed by atoms with Crippen molar-refractivity contribution < 1.29 is 19.2 Å². The fourth-order valence-corrected chi connectivity index (χ4v) is 2.25. The van der Waals surface area contributed by atoms with Crippen molar-refractivity contribution in [3.63, 3.8) is 0 Å². The Labute approximate surface area is 127 Å². The number of ether oxygens (including phenoxy) is 2. The first kappa shape index (κ1) is 15.5. The summed E-state index contributed by atoms with van der Waals surface area (Å²) in [6, 6.07) is 12.9. The van der Waals surface area contributed by atoms with Gasteiger partial charge in [0, 0.05) is 17.7 Å². The molecule has 6 heteroatoms. The summed E-state index contributed by atoms with van der Waals surface area (Å²) in [5.41, 5.74) is 1.21. The first-order chi connectivity index (χ1) is 10.6. The van der Waals surface area contributed by atoms with Gasteiger partial charge in [0.1, 0.15) is 11.7 Å². The number of nitrogens with zero attached hydrogens (tertiary/aromatic N) is 1. The molecule has 2 aromatic rings. The third-order valence-corrected chi connectivity index (χ3v) is 3.32. The predicted molar refractivity (Wildman–Crippen MR) is 79.9 cm³/mol. The highest BCUT2D eigenvalue weighted by Gasteiger charge is 2.27. The Balaban J connectivity index is 2.51. The van der Waals surface area contributed by atoms with E-state index in [-0.39, 0.29) is 5.69 Å². The molecule has 0 fully saturated rings. The van der Waals surface area contributed by atoms with Crippen LogP contribution in [0.3, 0.4) is 0 Å². The number of hydrogen-bond donors (Lipinski definition) is 0. The lowest BCUT2D eigenvalue weighted by atomic mass is 9.90. The summed E-state index contributed by atoms with van der Waals surface area (Å²) >= 11 is 0. The number of hydrogen-bond acceptors (Lipinski definition) is 5. The molecule has 114 valence electrons. The van der Waals surface area contributed by atoms with Crippen molar-refractivity contribution in [2.45, 2.75) is 5.92 Å². The molecule has 0 aromatic heterocycles. The number of nitro benzene ring substituents is 1. The summed E-state index contributed by atoms with van der Waals surface area (Å²) in [6.45, 7) is 0. The van der Waals surface area contributed by atoms with Crippen LogP contribution < -0.4 is 4.74 Å². The molecular weight excluding hydrogens is 286 g/mol. The zero-order valence-electron chi connectivity index (χ0n) is 12.2. The minimum Gasteiger partial charge on any atom is -0.496 e. The largest absolute Gasteiger partial charge is 0.496 e. The van der Waals surface area contributed by atoms with Crippen LogP contribution in [0.5, 0.6) is 5.75 Å². The van der Waals surface area contributed by atoms with E-state index in [4.69, 9.17) is 9.47 Å². The smallest absolute Gasteiger partial charge is 0.317 e. The molecule has 0 aliphatic carbocycles. The first-order valence-corrected chi connectivity index (χ1v) is 6.53. The molecule has 2 aromatic carbocycles. The molecule has 22 heavy (non-hydrogen) atoms. The van der Waals surface area contributed by atoms with Crippen LogP contribution in [0.1, 0.15) is 17.0 Å². The fourth-order valence-electron chi connectivity index (χ4n) is 2.25. The van der Waals surface area contributed by atoms with Crippen molar-refractivity contribution in [3.8, 4) is 5.75 Å². The molecule has 0 saturated carbocycles. The molecule has 0 saturated heterocycles. The van der Waals surface area contributed by atoms with Crippen LogP contribution in [0, 0.1) is 10.1 Å². The lowest BCUT2D eigenvalue weighted by Gasteiger charge is -2.18. The van der Waals surface area contributed by atoms with Crippen LogP contribution in [0.4, 0.5) is 5.69 Å². The molecule has 0 aliphatic heterocycles. The lowest BCUT2D eigenvalue weighted by Crippen LogP contribution is -2.16. The van der Waals surface area contributed by atoms with E-state index in [1.165, 1.54) is 26.4 Å². The second kappa shape index (κ2) is 6.71. The van der Waals surface area contributed by atoms with Gasteiger partial charge in [0.2, 0.25) is 0 Å². The van der Waals surface area contributed by atoms with E-state index in [0.29, 0.717) is 16.9 Å². The molecule has 0 N–H and O–H groups in total. The molecule has 1 atom stereocenters. The number of rotatable bonds is 5. The number of para-hydroxylation sites is 1. The summed E-state index contributed by atoms with van der Waals surface area (Å²) in [5, 5.41) is 10.7. The average molecular weight is 301 g/mol. The van der Waals surface area contributed by atoms with Crippen LogP contribution in [-0.2, 0) is 9.53 Å². The van der Waals surface area contributed by atoms with Crippen molar-refractivity contribution in [1.82, 2.24) is 0 Å². The second-order valence-corrected chi connectivity index (χ2v) is 4.55. The molecule has 0 amide bonds. The molecule has 6 nitrogen and oxygen atoms in total. The molecule has 2 rings (SSSR count). The topological polar surface area (TPSA) is 78.7 Å². The van der Waals surface area contributed by atoms with Crippen LogP contribution in [-0.4, -0.2) is 25.1 Å². The molecule has 0 heterocycles. The maximum absolute atomic E-state index is 12.2. The Hall–Kier alpha value is -2.89. The summed E-state index contributed by atoms with van der Waals surface area (Å²) in [7, 11) is 2.82. The van der Waals surface area contributed by atoms with Crippen LogP contribution in [0.15, 0.2) is 48.5 Å². The second-order valence-electron chi connectivity index (χ2n) is 4.55. The molecule has 0 unspecified atom stereocenters. The third-order valence-electron chi connectivity index (χ3n) is 3.32. The van der Waals surface area contributed by atoms with Crippen molar-refractivity contribution in [1.29, 1.82) is 0 Å². The minimum atomic E-state index is -0.707. The average Bonchev–Trinajstić information content (AvgIpc) is 2.55. The molecular formula is C16H15NO5. The summed E-state index contributed by atoms with van der Waals surface area (Å²) in [5.74, 6) is -0.614. The van der Waals surface area contributed by atoms with Crippen molar-refractivity contribution in [2.24, 2.45) is 0 Å². The Morgan fingerprint density at radius 1 is 1.09 bits per heavy atom. The van der Waals surface area contributed by atoms with E-state index < -0.39 is 16.8 Å². The van der Waals surface area contributed by atoms with Crippen molar-refractivity contribution in [2.75, 3.05) is 14.2 Å². The van der Waals surface area contributed by atoms with Crippen LogP contribution in [0.25, 0.3) is 0 Å². The van der Waals surface area contributed by atoms with Gasteiger partial charge in [-0.1, -0.05) is 30.3 Å². The van der Waals surface area contributed by atoms with Gasteiger partial charge in [-0.05, 0) is 11.6 Å². The van der Waals surface area contributed by atoms with Gasteiger partial charge in [-0.25, -0.2) is 0 Å². The van der Waals surface area contributed by atoms with Gasteiger partial charge in [-0.15, -0.1) is 0 Å². The number of carbonyl (C=O) groups is 1. The van der Waals surface area contributed by atoms with Gasteiger partial charge in [-0.3, -0.25) is 14.9 Å². The maximum atomic E-state index is 12.2. The van der Waals surface area contributed by atoms with E-state index in [9.17, 15) is 14.9 Å². The zero-order valence-corrected chi connectivity index (χ0v) is 12.2. The van der Waals surface area contributed by atoms with Crippen LogP contribution in [0.2, 0.25) is 0 Å². The van der Waals surface area contributed by atoms with Crippen molar-refractivity contribution in [3.05, 3.63) is 69.8 Å². The van der Waals surface area contributed by atoms with Gasteiger partial charge in [0.15, 0.2) is 0 Å². The quantitative estimate of drug-likeness (QED) is 0.482. The van der Waals surface area contributed by atoms with E-state index in [0.717, 1.165) is 0 Å². The van der Waals surface area contributed by atoms with E-state index in [2.05, 4.69) is 0 Å². The SMILES string of the molecule is COC(=O)[C@H](c1ccc([N+](=O)[O-])cc1)c1ccccc1OC. The Morgan fingerprint density at radius 3 is 2.27 bits per heavy atom. The number of non-ortho nitro benzene ring substituents is 1. The molecule has 0 bridgehead atoms. The monoisotopic (exact) mass is 301 g/mol. The standard InChI is InChI=1S/C16H15NO5/c1-21-14-6-4-3-5-13(14)15(16(18)22-2)11-7-9-12(10-8-11)17(19)20/h3-10,15H,1-2H3/t15-/m1/s1. The first-order valence-electron chi connectivity index (χ1n) is 6.53. The number of nitro groups is 1. The Bertz CT molecular complexity index is 681. The third kappa shape index (κ3) is 3.06. The highest BCUT2D eigenvalue weighted by atomic mass is 16.6. The Kier molecular flexibility index (Phi) is 4.73. The van der Waals surface area contributed by atoms with Crippen molar-refractivity contribution >= 4 is 11.7 Å². The molecule has 0 radical (unpaired) electrons. The Morgan fingerprint density at radius 2 is 1.73 bits per heavy atom. The fraction of sp³-hybridized carbons (Fsp3) is 0.188. The van der Waals surface area contributed by atoms with Gasteiger partial charge < -0.3 is 9.47 Å². The van der Waals surface area contributed by atoms with Crippen LogP contribution >= 0.6 is 0 Å². The number of esters is 1. The normalized spacial score (nSPS) is 11.5. The predicted octanol–water partition coefficient (Wildman–Crippen LogP) is 2.91. The van der Waals surface area contributed by atoms with E-state index in [1.807, 2.05) is 0 Å². The summed E-state index contributed by atoms with van der Waals surface area (Å²) < 4.78 is 10.2. The highest BCUT2D eigenvalue weighted by molar-refractivity contribution is 5.83. The van der Waals surface area contributed by atoms with Gasteiger partial charge in [-0.2, -0.15) is 0 Å². The van der Waals surface area contributed by atoms with Gasteiger partial charge in [0.05, 0.1) is 19.1 Å². The number of methoxy groups -OCH3 is 2. The molecule has 0 aliphatic rings. The zero-order chi connectivity index (χ0) is 16.1. The summed E-state index contributed by atoms with van der Waals surface area (Å²) in [4.78, 5) is 22.4. The summed E-state index contributed by atoms with van der Waals surface area (Å²) in [6.07, 6.45) is 0. The minimum absolute atomic E-state index is 0.0348. The van der Waals surface area contributed by atoms with Gasteiger partial charge in [0.25, 0.3) is 5.69 Å². The number of benzene rings is 2. The highest BCUT2D eigenvalue weighted by Crippen LogP contribution is 2.33. The molecule has 0 spiro atoms. The van der Waals surface area contributed by atoms with E-state index >= 15 is 0 Å². The number of carbonyl (C=O) groups excluding carboxylic acids is 1.